The van der Waals surface area contributed by atoms with E-state index < -0.39 is 0 Å². The van der Waals surface area contributed by atoms with E-state index in [1.165, 1.54) is 0 Å². The van der Waals surface area contributed by atoms with E-state index >= 15 is 0 Å². The minimum Gasteiger partial charge on any atom is -0.330 e. The molecule has 0 aromatic carbocycles. The van der Waals surface area contributed by atoms with Crippen LogP contribution in [0.2, 0.25) is 0 Å². The molecule has 0 amide bonds. The highest BCUT2D eigenvalue weighted by Gasteiger charge is 2.22. The summed E-state index contributed by atoms with van der Waals surface area (Å²) in [6.07, 6.45) is 10.9. The van der Waals surface area contributed by atoms with E-state index in [1.54, 1.807) is 0 Å². The third kappa shape index (κ3) is 1.29. The lowest BCUT2D eigenvalue weighted by molar-refractivity contribution is 0.381. The predicted molar refractivity (Wildman–Crippen MR) is 44.7 cm³/mol. The van der Waals surface area contributed by atoms with Gasteiger partial charge in [0.2, 0.25) is 0 Å². The van der Waals surface area contributed by atoms with Gasteiger partial charge in [0, 0.05) is 12.0 Å². The van der Waals surface area contributed by atoms with Crippen LogP contribution in [0.25, 0.3) is 0 Å². The highest BCUT2D eigenvalue weighted by atomic mass is 14.6. The molecule has 0 heterocycles. The van der Waals surface area contributed by atoms with Crippen molar-refractivity contribution in [3.63, 3.8) is 0 Å². The molecule has 0 spiro atoms. The lowest BCUT2D eigenvalue weighted by Crippen LogP contribution is -2.27. The van der Waals surface area contributed by atoms with Gasteiger partial charge in [-0.05, 0) is 12.8 Å². The van der Waals surface area contributed by atoms with Gasteiger partial charge in [0.15, 0.2) is 0 Å². The van der Waals surface area contributed by atoms with Crippen LogP contribution in [0.1, 0.15) is 19.8 Å². The number of nitrogens with two attached hydrogens (primary N) is 1. The molecule has 0 saturated heterocycles. The SMILES string of the molecule is CCC1(CN)C=CC=CC1. The van der Waals surface area contributed by atoms with Crippen molar-refractivity contribution in [3.8, 4) is 0 Å². The van der Waals surface area contributed by atoms with E-state index in [2.05, 4.69) is 31.2 Å². The van der Waals surface area contributed by atoms with Gasteiger partial charge < -0.3 is 5.73 Å². The fourth-order valence-electron chi connectivity index (χ4n) is 1.27. The largest absolute Gasteiger partial charge is 0.330 e. The molecule has 10 heavy (non-hydrogen) atoms. The Hall–Kier alpha value is -0.560. The van der Waals surface area contributed by atoms with Gasteiger partial charge in [0.25, 0.3) is 0 Å². The van der Waals surface area contributed by atoms with Crippen LogP contribution in [0.15, 0.2) is 24.3 Å². The van der Waals surface area contributed by atoms with E-state index in [0.29, 0.717) is 0 Å². The normalized spacial score (nSPS) is 31.0. The Morgan fingerprint density at radius 2 is 2.30 bits per heavy atom. The van der Waals surface area contributed by atoms with E-state index in [0.717, 1.165) is 19.4 Å². The van der Waals surface area contributed by atoms with Gasteiger partial charge in [0.05, 0.1) is 0 Å². The lowest BCUT2D eigenvalue weighted by Gasteiger charge is -2.27. The summed E-state index contributed by atoms with van der Waals surface area (Å²) in [5, 5.41) is 0. The van der Waals surface area contributed by atoms with Crippen molar-refractivity contribution in [2.45, 2.75) is 19.8 Å². The summed E-state index contributed by atoms with van der Waals surface area (Å²) in [4.78, 5) is 0. The zero-order valence-corrected chi connectivity index (χ0v) is 6.51. The van der Waals surface area contributed by atoms with Gasteiger partial charge in [-0.2, -0.15) is 0 Å². The van der Waals surface area contributed by atoms with Crippen LogP contribution >= 0.6 is 0 Å². The van der Waals surface area contributed by atoms with Crippen molar-refractivity contribution >= 4 is 0 Å². The second-order valence-electron chi connectivity index (χ2n) is 2.91. The van der Waals surface area contributed by atoms with Gasteiger partial charge >= 0.3 is 0 Å². The maximum Gasteiger partial charge on any atom is 0.00394 e. The molecule has 0 aromatic heterocycles. The summed E-state index contributed by atoms with van der Waals surface area (Å²) in [6.45, 7) is 2.96. The molecule has 2 N–H and O–H groups in total. The van der Waals surface area contributed by atoms with E-state index in [9.17, 15) is 0 Å². The first-order valence-electron chi connectivity index (χ1n) is 3.87. The van der Waals surface area contributed by atoms with Crippen molar-refractivity contribution in [1.29, 1.82) is 0 Å². The molecule has 0 aliphatic heterocycles. The quantitative estimate of drug-likeness (QED) is 0.617. The maximum atomic E-state index is 5.66. The predicted octanol–water partition coefficient (Wildman–Crippen LogP) is 1.86. The molecule has 0 aromatic rings. The average Bonchev–Trinajstić information content (AvgIpc) is 2.06. The Morgan fingerprint density at radius 1 is 1.50 bits per heavy atom. The molecular weight excluding hydrogens is 122 g/mol. The van der Waals surface area contributed by atoms with Crippen molar-refractivity contribution in [1.82, 2.24) is 0 Å². The number of hydrogen-bond acceptors (Lipinski definition) is 1. The van der Waals surface area contributed by atoms with E-state index in [-0.39, 0.29) is 5.41 Å². The zero-order chi connectivity index (χ0) is 7.45. The number of hydrogen-bond donors (Lipinski definition) is 1. The van der Waals surface area contributed by atoms with Crippen molar-refractivity contribution in [2.75, 3.05) is 6.54 Å². The van der Waals surface area contributed by atoms with Crippen LogP contribution < -0.4 is 5.73 Å². The molecule has 1 aliphatic carbocycles. The first-order chi connectivity index (χ1) is 4.83. The Morgan fingerprint density at radius 3 is 2.60 bits per heavy atom. The Kier molecular flexibility index (Phi) is 2.28. The molecule has 1 heteroatoms. The van der Waals surface area contributed by atoms with Crippen LogP contribution in [0.5, 0.6) is 0 Å². The minimum atomic E-state index is 0.273. The van der Waals surface area contributed by atoms with Crippen LogP contribution in [0.4, 0.5) is 0 Å². The summed E-state index contributed by atoms with van der Waals surface area (Å²) in [5.74, 6) is 0. The molecule has 0 fully saturated rings. The molecule has 1 unspecified atom stereocenters. The lowest BCUT2D eigenvalue weighted by atomic mass is 9.79. The Balaban J connectivity index is 2.66. The Bertz CT molecular complexity index is 152. The van der Waals surface area contributed by atoms with Gasteiger partial charge in [-0.3, -0.25) is 0 Å². The van der Waals surface area contributed by atoms with Gasteiger partial charge in [-0.25, -0.2) is 0 Å². The summed E-state index contributed by atoms with van der Waals surface area (Å²) in [5.41, 5.74) is 5.94. The third-order valence-electron chi connectivity index (χ3n) is 2.33. The highest BCUT2D eigenvalue weighted by molar-refractivity contribution is 5.16. The molecule has 1 rings (SSSR count). The maximum absolute atomic E-state index is 5.66. The van der Waals surface area contributed by atoms with E-state index in [1.807, 2.05) is 0 Å². The smallest absolute Gasteiger partial charge is 0.00394 e. The standard InChI is InChI=1S/C9H15N/c1-2-9(8-10)6-4-3-5-7-9/h3-6H,2,7-8,10H2,1H3. The van der Waals surface area contributed by atoms with Crippen LogP contribution in [-0.4, -0.2) is 6.54 Å². The topological polar surface area (TPSA) is 26.0 Å². The number of rotatable bonds is 2. The second-order valence-corrected chi connectivity index (χ2v) is 2.91. The average molecular weight is 137 g/mol. The summed E-state index contributed by atoms with van der Waals surface area (Å²) in [7, 11) is 0. The molecule has 1 nitrogen and oxygen atoms in total. The summed E-state index contributed by atoms with van der Waals surface area (Å²) >= 11 is 0. The Labute approximate surface area is 62.6 Å². The monoisotopic (exact) mass is 137 g/mol. The molecule has 1 aliphatic rings. The van der Waals surface area contributed by atoms with Crippen LogP contribution in [0.3, 0.4) is 0 Å². The van der Waals surface area contributed by atoms with Gasteiger partial charge in [-0.1, -0.05) is 31.2 Å². The fraction of sp³-hybridized carbons (Fsp3) is 0.556. The molecule has 56 valence electrons. The fourth-order valence-corrected chi connectivity index (χ4v) is 1.27. The molecule has 1 atom stereocenters. The molecule has 0 bridgehead atoms. The van der Waals surface area contributed by atoms with Crippen LogP contribution in [0, 0.1) is 5.41 Å². The van der Waals surface area contributed by atoms with Crippen LogP contribution in [-0.2, 0) is 0 Å². The zero-order valence-electron chi connectivity index (χ0n) is 6.51. The number of allylic oxidation sites excluding steroid dienone is 3. The van der Waals surface area contributed by atoms with Gasteiger partial charge in [0.1, 0.15) is 0 Å². The first-order valence-corrected chi connectivity index (χ1v) is 3.87. The molecular formula is C9H15N. The van der Waals surface area contributed by atoms with E-state index in [4.69, 9.17) is 5.73 Å². The van der Waals surface area contributed by atoms with Crippen molar-refractivity contribution in [2.24, 2.45) is 11.1 Å². The summed E-state index contributed by atoms with van der Waals surface area (Å²) in [6, 6.07) is 0. The molecule has 0 radical (unpaired) electrons. The van der Waals surface area contributed by atoms with Crippen molar-refractivity contribution in [3.05, 3.63) is 24.3 Å². The highest BCUT2D eigenvalue weighted by Crippen LogP contribution is 2.29. The minimum absolute atomic E-state index is 0.273. The first kappa shape index (κ1) is 7.55. The van der Waals surface area contributed by atoms with Crippen molar-refractivity contribution < 1.29 is 0 Å². The molecule has 0 saturated carbocycles. The third-order valence-corrected chi connectivity index (χ3v) is 2.33. The second kappa shape index (κ2) is 3.02. The summed E-state index contributed by atoms with van der Waals surface area (Å²) < 4.78 is 0. The van der Waals surface area contributed by atoms with Gasteiger partial charge in [-0.15, -0.1) is 0 Å².